The van der Waals surface area contributed by atoms with Crippen LogP contribution in [0.3, 0.4) is 0 Å². The van der Waals surface area contributed by atoms with Gasteiger partial charge in [-0.25, -0.2) is 0 Å². The van der Waals surface area contributed by atoms with Crippen LogP contribution in [-0.2, 0) is 4.74 Å². The third-order valence-electron chi connectivity index (χ3n) is 5.83. The lowest BCUT2D eigenvalue weighted by atomic mass is 9.47. The molecule has 0 radical (unpaired) electrons. The van der Waals surface area contributed by atoms with E-state index < -0.39 is 59.9 Å². The van der Waals surface area contributed by atoms with Gasteiger partial charge in [0.2, 0.25) is 0 Å². The summed E-state index contributed by atoms with van der Waals surface area (Å²) in [7, 11) is 0. The molecule has 5 rings (SSSR count). The Labute approximate surface area is 124 Å². The summed E-state index contributed by atoms with van der Waals surface area (Å²) in [6.07, 6.45) is -5.92. The Balaban J connectivity index is 1.93. The molecule has 0 aromatic heterocycles. The van der Waals surface area contributed by atoms with Crippen molar-refractivity contribution in [3.8, 4) is 0 Å². The number of hydrogen-bond acceptors (Lipinski definition) is 8. The number of nitrogens with one attached hydrogen (secondary N) is 3. The zero-order valence-corrected chi connectivity index (χ0v) is 11.5. The Kier molecular flexibility index (Phi) is 2.58. The fraction of sp³-hybridized carbons (Fsp3) is 0.917. The summed E-state index contributed by atoms with van der Waals surface area (Å²) < 4.78 is 5.42. The van der Waals surface area contributed by atoms with Crippen molar-refractivity contribution in [2.45, 2.75) is 47.9 Å². The van der Waals surface area contributed by atoms with E-state index in [2.05, 4.69) is 10.6 Å². The van der Waals surface area contributed by atoms with Gasteiger partial charge in [-0.1, -0.05) is 0 Å². The molecule has 1 spiro atoms. The fourth-order valence-corrected chi connectivity index (χ4v) is 4.87. The second kappa shape index (κ2) is 3.90. The third-order valence-corrected chi connectivity index (χ3v) is 5.83. The predicted molar refractivity (Wildman–Crippen MR) is 68.2 cm³/mol. The van der Waals surface area contributed by atoms with Gasteiger partial charge in [-0.05, 0) is 0 Å². The summed E-state index contributed by atoms with van der Waals surface area (Å²) >= 11 is 0. The van der Waals surface area contributed by atoms with E-state index in [1.807, 2.05) is 0 Å². The predicted octanol–water partition coefficient (Wildman–Crippen LogP) is -4.65. The van der Waals surface area contributed by atoms with E-state index in [4.69, 9.17) is 10.1 Å². The summed E-state index contributed by atoms with van der Waals surface area (Å²) in [5, 5.41) is 75.1. The first-order valence-electron chi connectivity index (χ1n) is 7.11. The Morgan fingerprint density at radius 3 is 2.59 bits per heavy atom. The van der Waals surface area contributed by atoms with Crippen LogP contribution in [0, 0.1) is 17.2 Å². The van der Waals surface area contributed by atoms with E-state index >= 15 is 0 Å². The van der Waals surface area contributed by atoms with E-state index in [-0.39, 0.29) is 12.4 Å². The molecule has 3 heterocycles. The highest BCUT2D eigenvalue weighted by Gasteiger charge is 2.81. The molecule has 10 heteroatoms. The van der Waals surface area contributed by atoms with Crippen LogP contribution >= 0.6 is 0 Å². The molecule has 0 aromatic carbocycles. The van der Waals surface area contributed by atoms with Gasteiger partial charge >= 0.3 is 0 Å². The summed E-state index contributed by atoms with van der Waals surface area (Å²) in [6.45, 7) is -0.734. The molecule has 3 aliphatic heterocycles. The van der Waals surface area contributed by atoms with Gasteiger partial charge in [0.1, 0.15) is 29.6 Å². The van der Waals surface area contributed by atoms with Crippen molar-refractivity contribution in [2.24, 2.45) is 11.8 Å². The van der Waals surface area contributed by atoms with Crippen LogP contribution in [0.25, 0.3) is 0 Å². The lowest BCUT2D eigenvalue weighted by Gasteiger charge is -2.73. The van der Waals surface area contributed by atoms with E-state index in [9.17, 15) is 30.6 Å². The zero-order valence-electron chi connectivity index (χ0n) is 11.5. The Bertz CT molecular complexity index is 549. The molecular formula is C12H19N3O7. The third kappa shape index (κ3) is 1.29. The fourth-order valence-electron chi connectivity index (χ4n) is 4.87. The van der Waals surface area contributed by atoms with Gasteiger partial charge in [-0.3, -0.25) is 5.41 Å². The molecule has 10 nitrogen and oxygen atoms in total. The van der Waals surface area contributed by atoms with Crippen LogP contribution in [0.4, 0.5) is 0 Å². The molecule has 0 aromatic rings. The van der Waals surface area contributed by atoms with Crippen LogP contribution in [-0.4, -0.2) is 84.7 Å². The van der Waals surface area contributed by atoms with Crippen molar-refractivity contribution < 1.29 is 35.4 Å². The quantitative estimate of drug-likeness (QED) is 0.230. The number of aliphatic hydroxyl groups is 6. The minimum absolute atomic E-state index is 0.268. The molecule has 4 bridgehead atoms. The first-order chi connectivity index (χ1) is 10.2. The Hall–Kier alpha value is -1.01. The van der Waals surface area contributed by atoms with Crippen molar-refractivity contribution in [1.82, 2.24) is 10.6 Å². The van der Waals surface area contributed by atoms with E-state index in [0.29, 0.717) is 0 Å². The first-order valence-corrected chi connectivity index (χ1v) is 7.11. The summed E-state index contributed by atoms with van der Waals surface area (Å²) in [5.74, 6) is -4.41. The average Bonchev–Trinajstić information content (AvgIpc) is 2.45. The SMILES string of the molecule is N=C1NC(O)C2C3OC4(O)CC(C(O)C2(N1)[C@@H]4O)C3(O)CO. The smallest absolute Gasteiger partial charge is 0.195 e. The standard InChI is InChI=1S/C12H19N3O7/c13-9-14-7(18)4-6-10(20,2-16)3-1-11(21,22-6)8(19)12(4,15-9)5(3)17/h3-8,16-21H,1-2H2,(H3,13,14,15)/t3?,4?,5?,6?,7?,8-,10?,11?,12?/m1/s1. The maximum atomic E-state index is 10.7. The summed E-state index contributed by atoms with van der Waals surface area (Å²) in [4.78, 5) is 0. The molecule has 9 N–H and O–H groups in total. The van der Waals surface area contributed by atoms with Crippen LogP contribution in [0.1, 0.15) is 6.42 Å². The molecule has 8 unspecified atom stereocenters. The second-order valence-corrected chi connectivity index (χ2v) is 6.74. The molecule has 5 fully saturated rings. The lowest BCUT2D eigenvalue weighted by molar-refractivity contribution is -0.451. The average molecular weight is 317 g/mol. The van der Waals surface area contributed by atoms with Crippen molar-refractivity contribution in [3.63, 3.8) is 0 Å². The second-order valence-electron chi connectivity index (χ2n) is 6.74. The Morgan fingerprint density at radius 2 is 1.95 bits per heavy atom. The lowest BCUT2D eigenvalue weighted by Crippen LogP contribution is -2.94. The number of aliphatic hydroxyl groups excluding tert-OH is 4. The van der Waals surface area contributed by atoms with Gasteiger partial charge in [-0.2, -0.15) is 0 Å². The molecule has 22 heavy (non-hydrogen) atoms. The molecule has 2 aliphatic carbocycles. The molecule has 0 amide bonds. The molecule has 3 saturated heterocycles. The minimum atomic E-state index is -2.03. The van der Waals surface area contributed by atoms with Crippen molar-refractivity contribution in [3.05, 3.63) is 0 Å². The molecule has 5 aliphatic rings. The monoisotopic (exact) mass is 317 g/mol. The number of ether oxygens (including phenoxy) is 1. The first kappa shape index (κ1) is 14.6. The van der Waals surface area contributed by atoms with E-state index in [0.717, 1.165) is 0 Å². The largest absolute Gasteiger partial charge is 0.393 e. The minimum Gasteiger partial charge on any atom is -0.393 e. The van der Waals surface area contributed by atoms with Gasteiger partial charge in [0.25, 0.3) is 0 Å². The van der Waals surface area contributed by atoms with Gasteiger partial charge in [0.15, 0.2) is 11.7 Å². The highest BCUT2D eigenvalue weighted by atomic mass is 16.7. The topological polar surface area (TPSA) is 179 Å². The maximum absolute atomic E-state index is 10.7. The molecule has 2 saturated carbocycles. The van der Waals surface area contributed by atoms with Crippen molar-refractivity contribution >= 4 is 5.96 Å². The number of rotatable bonds is 1. The van der Waals surface area contributed by atoms with E-state index in [1.165, 1.54) is 0 Å². The van der Waals surface area contributed by atoms with Crippen molar-refractivity contribution in [2.75, 3.05) is 6.61 Å². The van der Waals surface area contributed by atoms with Crippen LogP contribution in [0.2, 0.25) is 0 Å². The van der Waals surface area contributed by atoms with Crippen LogP contribution in [0.5, 0.6) is 0 Å². The van der Waals surface area contributed by atoms with Crippen LogP contribution in [0.15, 0.2) is 0 Å². The van der Waals surface area contributed by atoms with Crippen LogP contribution < -0.4 is 10.6 Å². The molecular weight excluding hydrogens is 298 g/mol. The summed E-state index contributed by atoms with van der Waals surface area (Å²) in [6, 6.07) is 0. The highest BCUT2D eigenvalue weighted by molar-refractivity contribution is 5.79. The van der Waals surface area contributed by atoms with Crippen molar-refractivity contribution in [1.29, 1.82) is 5.41 Å². The summed E-state index contributed by atoms with van der Waals surface area (Å²) in [5.41, 5.74) is -3.52. The van der Waals surface area contributed by atoms with Gasteiger partial charge in [0, 0.05) is 12.3 Å². The maximum Gasteiger partial charge on any atom is 0.195 e. The van der Waals surface area contributed by atoms with Gasteiger partial charge in [-0.15, -0.1) is 0 Å². The normalized spacial score (nSPS) is 62.4. The molecule has 9 atom stereocenters. The van der Waals surface area contributed by atoms with E-state index in [1.54, 1.807) is 0 Å². The zero-order chi connectivity index (χ0) is 16.1. The Morgan fingerprint density at radius 1 is 1.27 bits per heavy atom. The number of hydrogen-bond donors (Lipinski definition) is 9. The van der Waals surface area contributed by atoms with Gasteiger partial charge < -0.3 is 46.0 Å². The molecule has 124 valence electrons. The highest BCUT2D eigenvalue weighted by Crippen LogP contribution is 2.61. The van der Waals surface area contributed by atoms with Gasteiger partial charge in [0.05, 0.1) is 18.6 Å². The number of guanidine groups is 1.